The van der Waals surface area contributed by atoms with E-state index in [1.807, 2.05) is 0 Å². The fourth-order valence-corrected chi connectivity index (χ4v) is 0. The Balaban J connectivity index is 0. The summed E-state index contributed by atoms with van der Waals surface area (Å²) in [5.74, 6) is 0. The summed E-state index contributed by atoms with van der Waals surface area (Å²) in [5, 5.41) is 0. The van der Waals surface area contributed by atoms with E-state index in [-0.39, 0.29) is 24.0 Å². The predicted molar refractivity (Wildman–Crippen MR) is 25.6 cm³/mol. The molecule has 0 fully saturated rings. The molecule has 0 amide bonds. The summed E-state index contributed by atoms with van der Waals surface area (Å²) in [6.07, 6.45) is 0. The molecule has 0 aromatic carbocycles. The van der Waals surface area contributed by atoms with E-state index in [2.05, 4.69) is 14.9 Å². The molecular weight excluding hydrogens is 263 g/mol. The molecule has 0 saturated carbocycles. The molecule has 0 atom stereocenters. The van der Waals surface area contributed by atoms with Crippen molar-refractivity contribution < 1.29 is 27.9 Å². The Hall–Kier alpha value is 1.16. The maximum atomic E-state index is 9.08. The fraction of sp³-hybridized carbons (Fsp3) is 0. The molecule has 0 aromatic rings. The van der Waals surface area contributed by atoms with Crippen LogP contribution in [-0.4, -0.2) is 13.0 Å². The van der Waals surface area contributed by atoms with Gasteiger partial charge in [-0.05, 0) is 0 Å². The van der Waals surface area contributed by atoms with Gasteiger partial charge in [-0.15, -0.1) is 0 Å². The smallest absolute Gasteiger partial charge is 0 e. The molecule has 0 aliphatic heterocycles. The third-order valence-electron chi connectivity index (χ3n) is 0. The Bertz CT molecular complexity index is 94.0. The van der Waals surface area contributed by atoms with Crippen molar-refractivity contribution >= 4 is 32.5 Å². The second-order valence-electron chi connectivity index (χ2n) is 0.400. The number of hydrogen-bond acceptors (Lipinski definition) is 2. The molecule has 0 heterocycles. The van der Waals surface area contributed by atoms with Crippen LogP contribution in [-0.2, 0) is 23.4 Å². The van der Waals surface area contributed by atoms with Crippen LogP contribution in [0.15, 0.2) is 0 Å². The molecule has 6 heteroatoms. The molecule has 0 aromatic heterocycles. The molecule has 0 spiro atoms. The summed E-state index contributed by atoms with van der Waals surface area (Å²) in [7, 11) is -3.92. The molecule has 0 saturated heterocycles. The van der Waals surface area contributed by atoms with Crippen molar-refractivity contribution in [2.75, 3.05) is 0 Å². The van der Waals surface area contributed by atoms with Crippen molar-refractivity contribution in [3.8, 4) is 0 Å². The minimum atomic E-state index is -3.92. The molecule has 0 aliphatic rings. The Kier molecular flexibility index (Phi) is 5.44. The average molecular weight is 264 g/mol. The Morgan fingerprint density at radius 1 is 1.50 bits per heavy atom. The van der Waals surface area contributed by atoms with Gasteiger partial charge in [0.2, 0.25) is 0 Å². The third kappa shape index (κ3) is 66.4. The third-order valence-corrected chi connectivity index (χ3v) is 0. The van der Waals surface area contributed by atoms with Crippen molar-refractivity contribution in [1.29, 1.82) is 0 Å². The fourth-order valence-electron chi connectivity index (χ4n) is 0. The van der Waals surface area contributed by atoms with E-state index >= 15 is 0 Å². The Morgan fingerprint density at radius 2 is 1.50 bits per heavy atom. The van der Waals surface area contributed by atoms with Gasteiger partial charge >= 0.3 is 36.4 Å². The van der Waals surface area contributed by atoms with E-state index in [9.17, 15) is 0 Å². The van der Waals surface area contributed by atoms with Crippen molar-refractivity contribution in [2.24, 2.45) is 0 Å². The molecule has 0 rings (SSSR count). The van der Waals surface area contributed by atoms with Crippen LogP contribution in [0.5, 0.6) is 0 Å². The Labute approximate surface area is 60.1 Å². The van der Waals surface area contributed by atoms with Crippen LogP contribution in [0, 0.1) is 0 Å². The number of hydrogen-bond donors (Lipinski definition) is 1. The molecule has 1 N–H and O–H groups in total. The molecule has 40 valence electrons. The van der Waals surface area contributed by atoms with Gasteiger partial charge in [-0.25, -0.2) is 0 Å². The zero-order valence-electron chi connectivity index (χ0n) is 2.40. The van der Waals surface area contributed by atoms with Gasteiger partial charge in [0.15, 0.2) is 0 Å². The first kappa shape index (κ1) is 10.2. The summed E-state index contributed by atoms with van der Waals surface area (Å²) in [6.45, 7) is 0. The largest absolute Gasteiger partial charge is 0 e. The van der Waals surface area contributed by atoms with Crippen molar-refractivity contribution in [3.63, 3.8) is 0 Å². The van der Waals surface area contributed by atoms with E-state index < -0.39 is 8.54 Å². The van der Waals surface area contributed by atoms with Crippen LogP contribution in [0.2, 0.25) is 0 Å². The molecule has 1 radical (unpaired) electrons. The first-order chi connectivity index (χ1) is 2.00. The normalized spacial score (nSPS) is 9.67. The maximum absolute atomic E-state index is 9.08. The molecule has 0 aliphatic carbocycles. The number of rotatable bonds is 0. The standard InChI is InChI=1S/Fe.I.HO3S/c;;1-4(2)3/h;;(H,1,2,3). The van der Waals surface area contributed by atoms with Crippen LogP contribution in [0.1, 0.15) is 0 Å². The van der Waals surface area contributed by atoms with Crippen LogP contribution < -0.4 is 0 Å². The molecule has 6 heavy (non-hydrogen) atoms. The summed E-state index contributed by atoms with van der Waals surface area (Å²) in [4.78, 5) is 0. The predicted octanol–water partition coefficient (Wildman–Crippen LogP) is 0.222. The van der Waals surface area contributed by atoms with Crippen molar-refractivity contribution in [1.82, 2.24) is 0 Å². The molecule has 0 bridgehead atoms. The van der Waals surface area contributed by atoms with Gasteiger partial charge in [0.1, 0.15) is 0 Å². The van der Waals surface area contributed by atoms with Crippen LogP contribution in [0.4, 0.5) is 0 Å². The topological polar surface area (TPSA) is 54.4 Å². The van der Waals surface area contributed by atoms with Crippen LogP contribution in [0.25, 0.3) is 0 Å². The van der Waals surface area contributed by atoms with E-state index in [1.165, 1.54) is 0 Å². The molecule has 3 nitrogen and oxygen atoms in total. The minimum absolute atomic E-state index is 0. The van der Waals surface area contributed by atoms with Gasteiger partial charge < -0.3 is 0 Å². The summed E-state index contributed by atoms with van der Waals surface area (Å²) in [5.41, 5.74) is 0. The van der Waals surface area contributed by atoms with E-state index in [0.717, 1.165) is 0 Å². The monoisotopic (exact) mass is 264 g/mol. The van der Waals surface area contributed by atoms with E-state index in [0.29, 0.717) is 0 Å². The zero-order chi connectivity index (χ0) is 4.50. The second kappa shape index (κ2) is 3.20. The first-order valence-electron chi connectivity index (χ1n) is 0.660. The van der Waals surface area contributed by atoms with Gasteiger partial charge in [-0.1, -0.05) is 0 Å². The van der Waals surface area contributed by atoms with Gasteiger partial charge in [0, 0.05) is 24.0 Å². The summed E-state index contributed by atoms with van der Waals surface area (Å²) < 4.78 is 25.5. The second-order valence-corrected chi connectivity index (χ2v) is 2.91. The first-order valence-corrected chi connectivity index (χ1v) is 3.33. The summed E-state index contributed by atoms with van der Waals surface area (Å²) in [6, 6.07) is 0. The minimum Gasteiger partial charge on any atom is 0 e. The summed E-state index contributed by atoms with van der Waals surface area (Å²) >= 11 is 2.30. The van der Waals surface area contributed by atoms with Crippen LogP contribution >= 0.6 is 24.0 Å². The number of halogens is 1. The zero-order valence-corrected chi connectivity index (χ0v) is 6.48. The average Bonchev–Trinajstić information content (AvgIpc) is 0.722. The van der Waals surface area contributed by atoms with Gasteiger partial charge in [0.25, 0.3) is 0 Å². The van der Waals surface area contributed by atoms with Gasteiger partial charge in [0.05, 0.1) is 0 Å². The van der Waals surface area contributed by atoms with E-state index in [1.54, 1.807) is 0 Å². The van der Waals surface area contributed by atoms with Crippen LogP contribution in [0.3, 0.4) is 0 Å². The maximum Gasteiger partial charge on any atom is 0 e. The van der Waals surface area contributed by atoms with E-state index in [4.69, 9.17) is 13.0 Å². The molecular formula is HFeIO3S. The SMILES string of the molecule is O=[S](=O)(O)[Fe].[I]. The molecule has 0 unspecified atom stereocenters. The van der Waals surface area contributed by atoms with Crippen molar-refractivity contribution in [3.05, 3.63) is 0 Å². The quantitative estimate of drug-likeness (QED) is 0.387. The van der Waals surface area contributed by atoms with Crippen molar-refractivity contribution in [2.45, 2.75) is 0 Å². The van der Waals surface area contributed by atoms with Gasteiger partial charge in [-0.2, -0.15) is 0 Å². The van der Waals surface area contributed by atoms with Gasteiger partial charge in [-0.3, -0.25) is 0 Å². The Morgan fingerprint density at radius 3 is 1.50 bits per heavy atom.